The molecule has 1 aromatic carbocycles. The van der Waals surface area contributed by atoms with E-state index in [2.05, 4.69) is 4.98 Å². The summed E-state index contributed by atoms with van der Waals surface area (Å²) in [6.07, 6.45) is 3.46. The molecule has 0 aliphatic rings. The Morgan fingerprint density at radius 1 is 1.14 bits per heavy atom. The van der Waals surface area contributed by atoms with Crippen molar-refractivity contribution in [2.24, 2.45) is 0 Å². The molecule has 0 N–H and O–H groups in total. The van der Waals surface area contributed by atoms with Crippen molar-refractivity contribution in [3.63, 3.8) is 0 Å². The molecule has 3 nitrogen and oxygen atoms in total. The van der Waals surface area contributed by atoms with Gasteiger partial charge in [0, 0.05) is 17.8 Å². The number of thiol groups is 1. The zero-order chi connectivity index (χ0) is 9.97. The highest BCUT2D eigenvalue weighted by Gasteiger charge is 1.97. The first kappa shape index (κ1) is 9.15. The van der Waals surface area contributed by atoms with Crippen LogP contribution in [0, 0.1) is 0 Å². The van der Waals surface area contributed by atoms with Crippen molar-refractivity contribution in [3.05, 3.63) is 42.2 Å². The summed E-state index contributed by atoms with van der Waals surface area (Å²) in [5, 5.41) is 2.05. The zero-order valence-electron chi connectivity index (χ0n) is 7.38. The second kappa shape index (κ2) is 3.75. The van der Waals surface area contributed by atoms with Gasteiger partial charge in [-0.05, 0) is 17.0 Å². The number of hydrogen-bond acceptors (Lipinski definition) is 3. The number of rotatable bonds is 2. The van der Waals surface area contributed by atoms with E-state index in [1.54, 1.807) is 12.4 Å². The Morgan fingerprint density at radius 2 is 2.00 bits per heavy atom. The lowest BCUT2D eigenvalue weighted by atomic mass is 10.1. The Hall–Kier alpha value is -1.42. The second-order valence-corrected chi connectivity index (χ2v) is 4.03. The summed E-state index contributed by atoms with van der Waals surface area (Å²) >= 11 is 0. The Labute approximate surface area is 83.4 Å². The van der Waals surface area contributed by atoms with Gasteiger partial charge in [0.05, 0.1) is 5.75 Å². The lowest BCUT2D eigenvalue weighted by molar-refractivity contribution is 0.614. The molecule has 0 aliphatic carbocycles. The summed E-state index contributed by atoms with van der Waals surface area (Å²) in [6, 6.07) is 7.45. The first-order valence-corrected chi connectivity index (χ1v) is 5.56. The summed E-state index contributed by atoms with van der Waals surface area (Å²) in [7, 11) is -2.35. The number of fused-ring (bicyclic) bond motifs is 1. The third-order valence-corrected chi connectivity index (χ3v) is 2.64. The lowest BCUT2D eigenvalue weighted by Crippen LogP contribution is -1.86. The van der Waals surface area contributed by atoms with Crippen molar-refractivity contribution in [1.29, 1.82) is 0 Å². The van der Waals surface area contributed by atoms with Gasteiger partial charge in [-0.2, -0.15) is 0 Å². The number of hydrogen-bond donors (Lipinski definition) is 1. The Kier molecular flexibility index (Phi) is 2.45. The van der Waals surface area contributed by atoms with Gasteiger partial charge in [-0.1, -0.05) is 18.2 Å². The van der Waals surface area contributed by atoms with Crippen molar-refractivity contribution in [2.45, 2.75) is 5.75 Å². The number of nitrogens with zero attached hydrogens (tertiary/aromatic N) is 1. The van der Waals surface area contributed by atoms with Crippen LogP contribution < -0.4 is 0 Å². The lowest BCUT2D eigenvalue weighted by Gasteiger charge is -1.98. The number of benzene rings is 1. The van der Waals surface area contributed by atoms with E-state index in [0.29, 0.717) is 0 Å². The maximum Gasteiger partial charge on any atom is 0.144 e. The van der Waals surface area contributed by atoms with Crippen LogP contribution in [0.3, 0.4) is 0 Å². The molecule has 0 saturated carbocycles. The van der Waals surface area contributed by atoms with Gasteiger partial charge in [0.2, 0.25) is 0 Å². The fourth-order valence-corrected chi connectivity index (χ4v) is 1.88. The molecule has 0 unspecified atom stereocenters. The smallest absolute Gasteiger partial charge is 0.144 e. The van der Waals surface area contributed by atoms with Crippen LogP contribution in [0.25, 0.3) is 10.8 Å². The van der Waals surface area contributed by atoms with Crippen LogP contribution in [0.4, 0.5) is 0 Å². The second-order valence-electron chi connectivity index (χ2n) is 3.05. The van der Waals surface area contributed by atoms with E-state index < -0.39 is 10.7 Å². The highest BCUT2D eigenvalue weighted by atomic mass is 32.2. The van der Waals surface area contributed by atoms with Gasteiger partial charge >= 0.3 is 0 Å². The van der Waals surface area contributed by atoms with E-state index in [9.17, 15) is 8.42 Å². The van der Waals surface area contributed by atoms with E-state index in [-0.39, 0.29) is 5.75 Å². The maximum atomic E-state index is 10.5. The number of aromatic nitrogens is 1. The third kappa shape index (κ3) is 1.90. The average Bonchev–Trinajstić information content (AvgIpc) is 2.17. The zero-order valence-corrected chi connectivity index (χ0v) is 8.28. The third-order valence-electron chi connectivity index (χ3n) is 2.02. The fourth-order valence-electron chi connectivity index (χ4n) is 1.38. The molecule has 0 aliphatic heterocycles. The first-order valence-electron chi connectivity index (χ1n) is 4.20. The highest BCUT2D eigenvalue weighted by molar-refractivity contribution is 7.71. The van der Waals surface area contributed by atoms with E-state index in [1.807, 2.05) is 24.3 Å². The maximum absolute atomic E-state index is 10.5. The quantitative estimate of drug-likeness (QED) is 0.756. The van der Waals surface area contributed by atoms with Crippen molar-refractivity contribution in [2.75, 3.05) is 0 Å². The molecule has 0 amide bonds. The Bertz CT molecular complexity index is 526. The Morgan fingerprint density at radius 3 is 2.79 bits per heavy atom. The summed E-state index contributed by atoms with van der Waals surface area (Å²) in [6.45, 7) is 0. The molecule has 2 rings (SSSR count). The molecule has 0 saturated heterocycles. The van der Waals surface area contributed by atoms with Crippen LogP contribution in [0.15, 0.2) is 36.7 Å². The molecule has 1 heterocycles. The minimum absolute atomic E-state index is 0.105. The monoisotopic (exact) mass is 207 g/mol. The SMILES string of the molecule is O=[SH](=O)Cc1ccc2cnccc2c1. The summed E-state index contributed by atoms with van der Waals surface area (Å²) in [4.78, 5) is 3.98. The molecule has 1 aromatic heterocycles. The predicted molar refractivity (Wildman–Crippen MR) is 55.8 cm³/mol. The van der Waals surface area contributed by atoms with Crippen LogP contribution in [0.2, 0.25) is 0 Å². The van der Waals surface area contributed by atoms with E-state index in [0.717, 1.165) is 16.3 Å². The number of pyridine rings is 1. The molecule has 14 heavy (non-hydrogen) atoms. The molecule has 0 bridgehead atoms. The topological polar surface area (TPSA) is 47.0 Å². The molecule has 2 aromatic rings. The van der Waals surface area contributed by atoms with Gasteiger partial charge < -0.3 is 0 Å². The first-order chi connectivity index (χ1) is 6.75. The van der Waals surface area contributed by atoms with Gasteiger partial charge in [0.25, 0.3) is 0 Å². The van der Waals surface area contributed by atoms with Gasteiger partial charge in [0.1, 0.15) is 10.7 Å². The minimum Gasteiger partial charge on any atom is -0.264 e. The highest BCUT2D eigenvalue weighted by Crippen LogP contribution is 2.14. The molecule has 0 radical (unpaired) electrons. The van der Waals surface area contributed by atoms with Crippen LogP contribution in [0.1, 0.15) is 5.56 Å². The average molecular weight is 207 g/mol. The predicted octanol–water partition coefficient (Wildman–Crippen LogP) is 1.35. The van der Waals surface area contributed by atoms with Crippen LogP contribution in [-0.2, 0) is 16.5 Å². The normalized spacial score (nSPS) is 10.9. The van der Waals surface area contributed by atoms with Gasteiger partial charge in [-0.25, -0.2) is 8.42 Å². The van der Waals surface area contributed by atoms with E-state index in [4.69, 9.17) is 0 Å². The summed E-state index contributed by atoms with van der Waals surface area (Å²) < 4.78 is 21.1. The standard InChI is InChI=1S/C10H9NO2S/c12-14(13)7-8-1-2-10-6-11-4-3-9(10)5-8/h1-6,14H,7H2. The Balaban J connectivity index is 2.51. The summed E-state index contributed by atoms with van der Waals surface area (Å²) in [5.41, 5.74) is 0.819. The van der Waals surface area contributed by atoms with E-state index >= 15 is 0 Å². The van der Waals surface area contributed by atoms with Gasteiger partial charge in [-0.3, -0.25) is 4.98 Å². The summed E-state index contributed by atoms with van der Waals surface area (Å²) in [5.74, 6) is 0.105. The molecule has 0 spiro atoms. The largest absolute Gasteiger partial charge is 0.264 e. The molecule has 72 valence electrons. The molecule has 0 fully saturated rings. The van der Waals surface area contributed by atoms with Crippen molar-refractivity contribution >= 4 is 21.5 Å². The van der Waals surface area contributed by atoms with Crippen molar-refractivity contribution < 1.29 is 8.42 Å². The van der Waals surface area contributed by atoms with Crippen LogP contribution >= 0.6 is 0 Å². The van der Waals surface area contributed by atoms with Crippen LogP contribution in [-0.4, -0.2) is 13.4 Å². The van der Waals surface area contributed by atoms with Gasteiger partial charge in [-0.15, -0.1) is 0 Å². The van der Waals surface area contributed by atoms with Crippen molar-refractivity contribution in [1.82, 2.24) is 4.98 Å². The molecule has 0 atom stereocenters. The minimum atomic E-state index is -2.35. The van der Waals surface area contributed by atoms with Crippen molar-refractivity contribution in [3.8, 4) is 0 Å². The van der Waals surface area contributed by atoms with Gasteiger partial charge in [0.15, 0.2) is 0 Å². The molecular formula is C10H9NO2S. The molecular weight excluding hydrogens is 198 g/mol. The molecule has 4 heteroatoms. The van der Waals surface area contributed by atoms with E-state index in [1.165, 1.54) is 0 Å². The van der Waals surface area contributed by atoms with Crippen LogP contribution in [0.5, 0.6) is 0 Å². The fraction of sp³-hybridized carbons (Fsp3) is 0.100.